The van der Waals surface area contributed by atoms with Crippen LogP contribution < -0.4 is 0 Å². The van der Waals surface area contributed by atoms with Crippen molar-refractivity contribution < 1.29 is 35.1 Å². The molecular weight excluding hydrogens is 328 g/mol. The van der Waals surface area contributed by atoms with Gasteiger partial charge in [-0.25, -0.2) is 17.6 Å². The van der Waals surface area contributed by atoms with Crippen LogP contribution in [0.3, 0.4) is 0 Å². The zero-order chi connectivity index (χ0) is 13.6. The smallest absolute Gasteiger partial charge is 0.204 e. The molecule has 0 nitrogen and oxygen atoms in total. The molecule has 9 heteroatoms. The van der Waals surface area contributed by atoms with Gasteiger partial charge < -0.3 is 0 Å². The maximum Gasteiger partial charge on any atom is 0.367 e. The van der Waals surface area contributed by atoms with Gasteiger partial charge in [-0.05, 0) is 22.0 Å². The highest BCUT2D eigenvalue weighted by molar-refractivity contribution is 9.10. The third kappa shape index (κ3) is 2.24. The maximum absolute atomic E-state index is 12.9. The molecule has 0 aliphatic rings. The summed E-state index contributed by atoms with van der Waals surface area (Å²) in [5, 5.41) is 0. The lowest BCUT2D eigenvalue weighted by molar-refractivity contribution is -0.156. The van der Waals surface area contributed by atoms with E-state index in [4.69, 9.17) is 0 Å². The number of hydrogen-bond donors (Lipinski definition) is 0. The summed E-state index contributed by atoms with van der Waals surface area (Å²) in [6, 6.07) is -0.525. The van der Waals surface area contributed by atoms with Crippen molar-refractivity contribution in [1.82, 2.24) is 0 Å². The van der Waals surface area contributed by atoms with Crippen molar-refractivity contribution in [3.05, 3.63) is 34.9 Å². The highest BCUT2D eigenvalue weighted by Gasteiger charge is 2.57. The minimum atomic E-state index is -5.24. The van der Waals surface area contributed by atoms with Crippen molar-refractivity contribution in [2.24, 2.45) is 0 Å². The van der Waals surface area contributed by atoms with Crippen molar-refractivity contribution in [3.8, 4) is 0 Å². The zero-order valence-corrected chi connectivity index (χ0v) is 9.07. The van der Waals surface area contributed by atoms with Crippen LogP contribution in [0.5, 0.6) is 0 Å². The molecule has 0 amide bonds. The van der Waals surface area contributed by atoms with Crippen LogP contribution >= 0.6 is 15.9 Å². The zero-order valence-electron chi connectivity index (χ0n) is 7.48. The molecule has 0 fully saturated rings. The van der Waals surface area contributed by atoms with Gasteiger partial charge in [-0.3, -0.25) is 0 Å². The van der Waals surface area contributed by atoms with Crippen molar-refractivity contribution in [2.45, 2.75) is 10.8 Å². The number of rotatable bonds is 2. The van der Waals surface area contributed by atoms with Gasteiger partial charge in [-0.2, -0.15) is 17.6 Å². The fourth-order valence-electron chi connectivity index (χ4n) is 0.954. The van der Waals surface area contributed by atoms with E-state index in [9.17, 15) is 35.1 Å². The van der Waals surface area contributed by atoms with E-state index in [0.29, 0.717) is 0 Å². The second-order valence-electron chi connectivity index (χ2n) is 2.92. The number of halogens is 9. The topological polar surface area (TPSA) is 0 Å². The van der Waals surface area contributed by atoms with Gasteiger partial charge in [-0.1, -0.05) is 0 Å². The number of alkyl halides is 5. The third-order valence-corrected chi connectivity index (χ3v) is 2.29. The molecule has 0 atom stereocenters. The van der Waals surface area contributed by atoms with E-state index in [2.05, 4.69) is 0 Å². The van der Waals surface area contributed by atoms with Crippen LogP contribution in [0.1, 0.15) is 5.56 Å². The van der Waals surface area contributed by atoms with Crippen LogP contribution in [0.2, 0.25) is 0 Å². The summed E-state index contributed by atoms with van der Waals surface area (Å²) in [7, 11) is 0. The average Bonchev–Trinajstić information content (AvgIpc) is 2.18. The molecule has 0 aliphatic carbocycles. The molecule has 0 spiro atoms. The summed E-state index contributed by atoms with van der Waals surface area (Å²) >= 11 is 1.25. The van der Waals surface area contributed by atoms with Crippen LogP contribution in [0.15, 0.2) is 6.07 Å². The maximum atomic E-state index is 12.9. The van der Waals surface area contributed by atoms with E-state index in [0.717, 1.165) is 0 Å². The molecule has 17 heavy (non-hydrogen) atoms. The van der Waals surface area contributed by atoms with E-state index in [1.165, 1.54) is 15.9 Å². The second kappa shape index (κ2) is 4.11. The second-order valence-corrected chi connectivity index (χ2v) is 3.92. The Labute approximate surface area is 97.4 Å². The largest absolute Gasteiger partial charge is 0.367 e. The fraction of sp³-hybridized carbons (Fsp3) is 0.250. The SMILES string of the molecule is Fc1cc(C(F)(F)C(F)(F)Br)c(F)c(F)c1F. The van der Waals surface area contributed by atoms with Gasteiger partial charge in [0.05, 0.1) is 5.56 Å². The summed E-state index contributed by atoms with van der Waals surface area (Å²) in [4.78, 5) is -4.95. The number of hydrogen-bond acceptors (Lipinski definition) is 0. The average molecular weight is 329 g/mol. The Morgan fingerprint density at radius 3 is 1.71 bits per heavy atom. The minimum Gasteiger partial charge on any atom is -0.204 e. The molecule has 0 saturated carbocycles. The predicted octanol–water partition coefficient (Wildman–Crippen LogP) is 4.32. The highest BCUT2D eigenvalue weighted by Crippen LogP contribution is 2.48. The minimum absolute atomic E-state index is 0.525. The molecule has 1 aromatic carbocycles. The molecule has 0 N–H and O–H groups in total. The Morgan fingerprint density at radius 1 is 0.824 bits per heavy atom. The van der Waals surface area contributed by atoms with Crippen LogP contribution in [-0.4, -0.2) is 4.83 Å². The van der Waals surface area contributed by atoms with Gasteiger partial charge in [0.25, 0.3) is 0 Å². The predicted molar refractivity (Wildman–Crippen MR) is 44.0 cm³/mol. The molecule has 0 saturated heterocycles. The Hall–Kier alpha value is -0.860. The lowest BCUT2D eigenvalue weighted by atomic mass is 10.1. The molecule has 1 rings (SSSR count). The Bertz CT molecular complexity index is 450. The van der Waals surface area contributed by atoms with E-state index < -0.39 is 45.7 Å². The van der Waals surface area contributed by atoms with Gasteiger partial charge in [0.15, 0.2) is 23.3 Å². The van der Waals surface area contributed by atoms with Gasteiger partial charge in [0, 0.05) is 0 Å². The highest BCUT2D eigenvalue weighted by atomic mass is 79.9. The lowest BCUT2D eigenvalue weighted by Gasteiger charge is -2.22. The summed E-state index contributed by atoms with van der Waals surface area (Å²) < 4.78 is 101. The Kier molecular flexibility index (Phi) is 3.43. The monoisotopic (exact) mass is 328 g/mol. The Morgan fingerprint density at radius 2 is 1.29 bits per heavy atom. The number of benzene rings is 1. The molecule has 0 radical (unpaired) electrons. The van der Waals surface area contributed by atoms with Crippen LogP contribution in [0.4, 0.5) is 35.1 Å². The van der Waals surface area contributed by atoms with Crippen molar-refractivity contribution in [1.29, 1.82) is 0 Å². The van der Waals surface area contributed by atoms with Crippen LogP contribution in [-0.2, 0) is 5.92 Å². The molecule has 0 aliphatic heterocycles. The molecule has 0 aromatic heterocycles. The Balaban J connectivity index is 3.54. The first-order valence-corrected chi connectivity index (χ1v) is 4.57. The lowest BCUT2D eigenvalue weighted by Crippen LogP contribution is -2.33. The van der Waals surface area contributed by atoms with Crippen molar-refractivity contribution in [2.75, 3.05) is 0 Å². The van der Waals surface area contributed by atoms with E-state index >= 15 is 0 Å². The summed E-state index contributed by atoms with van der Waals surface area (Å²) in [5.41, 5.74) is -2.28. The first kappa shape index (κ1) is 14.2. The normalized spacial score (nSPS) is 13.0. The van der Waals surface area contributed by atoms with Crippen LogP contribution in [0.25, 0.3) is 0 Å². The van der Waals surface area contributed by atoms with Gasteiger partial charge in [0.2, 0.25) is 0 Å². The van der Waals surface area contributed by atoms with Crippen molar-refractivity contribution >= 4 is 15.9 Å². The van der Waals surface area contributed by atoms with Crippen LogP contribution in [0, 0.1) is 23.3 Å². The first-order valence-electron chi connectivity index (χ1n) is 3.78. The van der Waals surface area contributed by atoms with Gasteiger partial charge >= 0.3 is 10.8 Å². The molecule has 96 valence electrons. The van der Waals surface area contributed by atoms with E-state index in [-0.39, 0.29) is 0 Å². The standard InChI is InChI=1S/C8HBrF8/c9-8(16,17)7(14,15)2-1-3(10)5(12)6(13)4(2)11/h1H. The first-order chi connectivity index (χ1) is 7.50. The van der Waals surface area contributed by atoms with Gasteiger partial charge in [-0.15, -0.1) is 0 Å². The summed E-state index contributed by atoms with van der Waals surface area (Å²) in [5.74, 6) is -15.0. The molecular formula is C8HBrF8. The fourth-order valence-corrected chi connectivity index (χ4v) is 1.17. The molecule has 0 unspecified atom stereocenters. The van der Waals surface area contributed by atoms with E-state index in [1.54, 1.807) is 0 Å². The molecule has 0 bridgehead atoms. The summed E-state index contributed by atoms with van der Waals surface area (Å²) in [6.07, 6.45) is 0. The van der Waals surface area contributed by atoms with E-state index in [1.807, 2.05) is 0 Å². The molecule has 0 heterocycles. The quantitative estimate of drug-likeness (QED) is 0.328. The molecule has 1 aromatic rings. The third-order valence-electron chi connectivity index (χ3n) is 1.80. The van der Waals surface area contributed by atoms with Gasteiger partial charge in [0.1, 0.15) is 0 Å². The summed E-state index contributed by atoms with van der Waals surface area (Å²) in [6.45, 7) is 0. The van der Waals surface area contributed by atoms with Crippen molar-refractivity contribution in [3.63, 3.8) is 0 Å².